The van der Waals surface area contributed by atoms with Gasteiger partial charge in [-0.25, -0.2) is 4.79 Å². The molecule has 0 saturated heterocycles. The monoisotopic (exact) mass is 217 g/mol. The SMILES string of the molecule is Cl.NC[C@@H](O)c1ccc(C(=O)O)cc1. The summed E-state index contributed by atoms with van der Waals surface area (Å²) in [5.41, 5.74) is 6.07. The van der Waals surface area contributed by atoms with Crippen LogP contribution in [-0.4, -0.2) is 22.7 Å². The molecule has 1 aromatic carbocycles. The summed E-state index contributed by atoms with van der Waals surface area (Å²) >= 11 is 0. The number of aliphatic hydroxyl groups is 1. The Labute approximate surface area is 87.8 Å². The highest BCUT2D eigenvalue weighted by atomic mass is 35.5. The molecule has 0 saturated carbocycles. The van der Waals surface area contributed by atoms with Crippen LogP contribution >= 0.6 is 12.4 Å². The summed E-state index contributed by atoms with van der Waals surface area (Å²) in [7, 11) is 0. The molecule has 0 unspecified atom stereocenters. The molecular weight excluding hydrogens is 206 g/mol. The largest absolute Gasteiger partial charge is 0.478 e. The Hall–Kier alpha value is -1.10. The number of hydrogen-bond donors (Lipinski definition) is 3. The summed E-state index contributed by atoms with van der Waals surface area (Å²) in [4.78, 5) is 10.5. The molecule has 0 spiro atoms. The predicted molar refractivity (Wildman–Crippen MR) is 54.7 cm³/mol. The fourth-order valence-electron chi connectivity index (χ4n) is 0.984. The van der Waals surface area contributed by atoms with E-state index in [0.717, 1.165) is 0 Å². The fourth-order valence-corrected chi connectivity index (χ4v) is 0.984. The van der Waals surface area contributed by atoms with Crippen LogP contribution in [0.2, 0.25) is 0 Å². The van der Waals surface area contributed by atoms with Crippen molar-refractivity contribution in [2.24, 2.45) is 5.73 Å². The van der Waals surface area contributed by atoms with Gasteiger partial charge in [-0.2, -0.15) is 0 Å². The summed E-state index contributed by atoms with van der Waals surface area (Å²) in [6, 6.07) is 6.00. The third-order valence-corrected chi connectivity index (χ3v) is 1.77. The molecule has 0 aliphatic carbocycles. The number of halogens is 1. The van der Waals surface area contributed by atoms with Crippen LogP contribution in [-0.2, 0) is 0 Å². The van der Waals surface area contributed by atoms with Crippen molar-refractivity contribution >= 4 is 18.4 Å². The number of hydrogen-bond acceptors (Lipinski definition) is 3. The normalized spacial score (nSPS) is 11.6. The van der Waals surface area contributed by atoms with Crippen molar-refractivity contribution < 1.29 is 15.0 Å². The van der Waals surface area contributed by atoms with Gasteiger partial charge in [-0.15, -0.1) is 12.4 Å². The van der Waals surface area contributed by atoms with E-state index in [-0.39, 0.29) is 24.5 Å². The molecule has 0 bridgehead atoms. The fraction of sp³-hybridized carbons (Fsp3) is 0.222. The third-order valence-electron chi connectivity index (χ3n) is 1.77. The molecule has 0 fully saturated rings. The van der Waals surface area contributed by atoms with Crippen LogP contribution in [0.1, 0.15) is 22.0 Å². The maximum atomic E-state index is 10.5. The van der Waals surface area contributed by atoms with Crippen molar-refractivity contribution in [2.75, 3.05) is 6.54 Å². The average molecular weight is 218 g/mol. The van der Waals surface area contributed by atoms with Gasteiger partial charge in [-0.1, -0.05) is 12.1 Å². The molecule has 0 aliphatic heterocycles. The van der Waals surface area contributed by atoms with Crippen LogP contribution in [0.25, 0.3) is 0 Å². The van der Waals surface area contributed by atoms with Gasteiger partial charge >= 0.3 is 5.97 Å². The highest BCUT2D eigenvalue weighted by Crippen LogP contribution is 2.12. The van der Waals surface area contributed by atoms with Gasteiger partial charge in [-0.05, 0) is 17.7 Å². The molecule has 5 heteroatoms. The molecule has 1 atom stereocenters. The van der Waals surface area contributed by atoms with E-state index >= 15 is 0 Å². The van der Waals surface area contributed by atoms with Crippen molar-refractivity contribution in [1.29, 1.82) is 0 Å². The van der Waals surface area contributed by atoms with Crippen LogP contribution in [0.4, 0.5) is 0 Å². The summed E-state index contributed by atoms with van der Waals surface area (Å²) in [6.45, 7) is 0.131. The number of carboxylic acids is 1. The lowest BCUT2D eigenvalue weighted by Gasteiger charge is -2.07. The lowest BCUT2D eigenvalue weighted by molar-refractivity contribution is 0.0696. The van der Waals surface area contributed by atoms with Crippen molar-refractivity contribution in [1.82, 2.24) is 0 Å². The molecular formula is C9H12ClNO3. The van der Waals surface area contributed by atoms with E-state index in [1.807, 2.05) is 0 Å². The van der Waals surface area contributed by atoms with Crippen molar-refractivity contribution in [3.8, 4) is 0 Å². The molecule has 0 aromatic heterocycles. The van der Waals surface area contributed by atoms with E-state index in [4.69, 9.17) is 10.8 Å². The van der Waals surface area contributed by atoms with Gasteiger partial charge in [0.2, 0.25) is 0 Å². The summed E-state index contributed by atoms with van der Waals surface area (Å²) in [5.74, 6) is -0.978. The number of carbonyl (C=O) groups is 1. The van der Waals surface area contributed by atoms with Gasteiger partial charge in [0.25, 0.3) is 0 Å². The van der Waals surface area contributed by atoms with Crippen LogP contribution < -0.4 is 5.73 Å². The predicted octanol–water partition coefficient (Wildman–Crippen LogP) is 0.799. The van der Waals surface area contributed by atoms with Crippen molar-refractivity contribution in [3.05, 3.63) is 35.4 Å². The summed E-state index contributed by atoms with van der Waals surface area (Å²) in [6.07, 6.45) is -0.720. The maximum absolute atomic E-state index is 10.5. The molecule has 0 radical (unpaired) electrons. The van der Waals surface area contributed by atoms with Crippen molar-refractivity contribution in [3.63, 3.8) is 0 Å². The minimum absolute atomic E-state index is 0. The second kappa shape index (κ2) is 5.59. The van der Waals surface area contributed by atoms with E-state index < -0.39 is 12.1 Å². The molecule has 14 heavy (non-hydrogen) atoms. The second-order valence-electron chi connectivity index (χ2n) is 2.68. The smallest absolute Gasteiger partial charge is 0.335 e. The molecule has 0 amide bonds. The summed E-state index contributed by atoms with van der Waals surface area (Å²) < 4.78 is 0. The Morgan fingerprint density at radius 2 is 1.86 bits per heavy atom. The molecule has 0 aliphatic rings. The van der Waals surface area contributed by atoms with Crippen LogP contribution in [0.15, 0.2) is 24.3 Å². The van der Waals surface area contributed by atoms with Crippen molar-refractivity contribution in [2.45, 2.75) is 6.10 Å². The zero-order valence-electron chi connectivity index (χ0n) is 7.38. The van der Waals surface area contributed by atoms with Gasteiger partial charge in [0, 0.05) is 6.54 Å². The molecule has 1 rings (SSSR count). The van der Waals surface area contributed by atoms with E-state index in [0.29, 0.717) is 5.56 Å². The van der Waals surface area contributed by atoms with E-state index in [1.54, 1.807) is 12.1 Å². The number of nitrogens with two attached hydrogens (primary N) is 1. The summed E-state index contributed by atoms with van der Waals surface area (Å²) in [5, 5.41) is 17.9. The van der Waals surface area contributed by atoms with Gasteiger partial charge in [0.1, 0.15) is 0 Å². The van der Waals surface area contributed by atoms with E-state index in [1.165, 1.54) is 12.1 Å². The van der Waals surface area contributed by atoms with Crippen LogP contribution in [0.3, 0.4) is 0 Å². The first-order chi connectivity index (χ1) is 6.15. The number of rotatable bonds is 3. The highest BCUT2D eigenvalue weighted by Gasteiger charge is 2.06. The maximum Gasteiger partial charge on any atom is 0.335 e. The van der Waals surface area contributed by atoms with Crippen LogP contribution in [0.5, 0.6) is 0 Å². The molecule has 1 aromatic rings. The van der Waals surface area contributed by atoms with Crippen LogP contribution in [0, 0.1) is 0 Å². The molecule has 4 nitrogen and oxygen atoms in total. The Bertz CT molecular complexity index is 299. The quantitative estimate of drug-likeness (QED) is 0.699. The number of benzene rings is 1. The highest BCUT2D eigenvalue weighted by molar-refractivity contribution is 5.87. The second-order valence-corrected chi connectivity index (χ2v) is 2.68. The van der Waals surface area contributed by atoms with Gasteiger partial charge < -0.3 is 15.9 Å². The first-order valence-electron chi connectivity index (χ1n) is 3.86. The van der Waals surface area contributed by atoms with E-state index in [9.17, 15) is 9.90 Å². The molecule has 0 heterocycles. The lowest BCUT2D eigenvalue weighted by Crippen LogP contribution is -2.11. The Morgan fingerprint density at radius 1 is 1.36 bits per heavy atom. The number of aliphatic hydroxyl groups excluding tert-OH is 1. The Kier molecular flexibility index (Phi) is 5.15. The molecule has 78 valence electrons. The third kappa shape index (κ3) is 2.99. The lowest BCUT2D eigenvalue weighted by atomic mass is 10.1. The number of carboxylic acid groups (broad SMARTS) is 1. The topological polar surface area (TPSA) is 83.5 Å². The zero-order valence-corrected chi connectivity index (χ0v) is 8.20. The number of aromatic carboxylic acids is 1. The van der Waals surface area contributed by atoms with Gasteiger partial charge in [-0.3, -0.25) is 0 Å². The first kappa shape index (κ1) is 12.9. The Morgan fingerprint density at radius 3 is 2.21 bits per heavy atom. The molecule has 4 N–H and O–H groups in total. The van der Waals surface area contributed by atoms with Gasteiger partial charge in [0.05, 0.1) is 11.7 Å². The van der Waals surface area contributed by atoms with Gasteiger partial charge in [0.15, 0.2) is 0 Å². The Balaban J connectivity index is 0.00000169. The standard InChI is InChI=1S/C9H11NO3.ClH/c10-5-8(11)6-1-3-7(4-2-6)9(12)13;/h1-4,8,11H,5,10H2,(H,12,13);1H/t8-;/m1./s1. The first-order valence-corrected chi connectivity index (χ1v) is 3.86. The van der Waals surface area contributed by atoms with E-state index in [2.05, 4.69) is 0 Å². The minimum atomic E-state index is -0.978. The average Bonchev–Trinajstić information content (AvgIpc) is 2.17. The minimum Gasteiger partial charge on any atom is -0.478 e. The zero-order chi connectivity index (χ0) is 9.84.